The van der Waals surface area contributed by atoms with Crippen molar-refractivity contribution in [2.45, 2.75) is 33.1 Å². The summed E-state index contributed by atoms with van der Waals surface area (Å²) in [6.45, 7) is 5.67. The van der Waals surface area contributed by atoms with E-state index in [1.54, 1.807) is 27.6 Å². The Morgan fingerprint density at radius 2 is 2.19 bits per heavy atom. The lowest BCUT2D eigenvalue weighted by Gasteiger charge is -2.26. The molecule has 27 heavy (non-hydrogen) atoms. The Kier molecular flexibility index (Phi) is 5.73. The van der Waals surface area contributed by atoms with Crippen LogP contribution >= 0.6 is 0 Å². The van der Waals surface area contributed by atoms with E-state index in [4.69, 9.17) is 0 Å². The minimum absolute atomic E-state index is 0.0603. The number of rotatable bonds is 7. The number of pyridine rings is 1. The van der Waals surface area contributed by atoms with Gasteiger partial charge in [0.15, 0.2) is 0 Å². The Hall–Kier alpha value is -2.90. The first kappa shape index (κ1) is 18.9. The summed E-state index contributed by atoms with van der Waals surface area (Å²) in [7, 11) is 0. The van der Waals surface area contributed by atoms with Gasteiger partial charge in [-0.3, -0.25) is 23.7 Å². The van der Waals surface area contributed by atoms with Gasteiger partial charge in [-0.2, -0.15) is 0 Å². The van der Waals surface area contributed by atoms with Crippen LogP contribution < -0.4 is 10.2 Å². The molecule has 0 spiro atoms. The number of nitrogens with zero attached hydrogens (tertiary/aromatic N) is 4. The predicted octanol–water partition coefficient (Wildman–Crippen LogP) is 1.23. The van der Waals surface area contributed by atoms with Crippen LogP contribution in [0.15, 0.2) is 18.3 Å². The second-order valence-electron chi connectivity index (χ2n) is 6.61. The van der Waals surface area contributed by atoms with Gasteiger partial charge in [0.25, 0.3) is 5.91 Å². The third-order valence-corrected chi connectivity index (χ3v) is 4.72. The Labute approximate surface area is 158 Å². The lowest BCUT2D eigenvalue weighted by atomic mass is 10.2. The maximum Gasteiger partial charge on any atom is 0.255 e. The number of piperazine rings is 1. The van der Waals surface area contributed by atoms with Crippen molar-refractivity contribution in [3.05, 3.63) is 29.6 Å². The minimum Gasteiger partial charge on any atom is -0.353 e. The van der Waals surface area contributed by atoms with Gasteiger partial charge < -0.3 is 10.2 Å². The molecule has 3 amide bonds. The Morgan fingerprint density at radius 3 is 2.85 bits per heavy atom. The van der Waals surface area contributed by atoms with Crippen molar-refractivity contribution in [2.75, 3.05) is 31.1 Å². The molecule has 1 N–H and O–H groups in total. The monoisotopic (exact) mass is 371 g/mol. The molecular weight excluding hydrogens is 346 g/mol. The maximum absolute atomic E-state index is 12.8. The number of nitrogens with one attached hydrogen (secondary N) is 1. The second-order valence-corrected chi connectivity index (χ2v) is 6.61. The van der Waals surface area contributed by atoms with Crippen LogP contribution in [0, 0.1) is 0 Å². The molecule has 1 saturated heterocycles. The van der Waals surface area contributed by atoms with Gasteiger partial charge in [-0.25, -0.2) is 4.98 Å². The zero-order chi connectivity index (χ0) is 19.4. The minimum atomic E-state index is -0.198. The topological polar surface area (TPSA) is 87.0 Å². The summed E-state index contributed by atoms with van der Waals surface area (Å²) >= 11 is 0. The Morgan fingerprint density at radius 1 is 1.37 bits per heavy atom. The molecule has 2 aromatic rings. The summed E-state index contributed by atoms with van der Waals surface area (Å²) in [5, 5.41) is 2.72. The number of anilines is 1. The van der Waals surface area contributed by atoms with Crippen molar-refractivity contribution < 1.29 is 14.4 Å². The largest absolute Gasteiger partial charge is 0.353 e. The van der Waals surface area contributed by atoms with E-state index in [2.05, 4.69) is 17.2 Å². The summed E-state index contributed by atoms with van der Waals surface area (Å²) in [5.74, 6) is 0.358. The third-order valence-electron chi connectivity index (χ3n) is 4.72. The Bertz CT molecular complexity index is 860. The molecule has 2 aromatic heterocycles. The van der Waals surface area contributed by atoms with E-state index >= 15 is 0 Å². The van der Waals surface area contributed by atoms with E-state index in [0.29, 0.717) is 43.1 Å². The van der Waals surface area contributed by atoms with Crippen LogP contribution in [-0.4, -0.2) is 58.7 Å². The van der Waals surface area contributed by atoms with Gasteiger partial charge in [0.2, 0.25) is 12.3 Å². The number of hydrogen-bond donors (Lipinski definition) is 1. The number of fused-ring (bicyclic) bond motifs is 1. The van der Waals surface area contributed by atoms with Crippen molar-refractivity contribution in [3.63, 3.8) is 0 Å². The van der Waals surface area contributed by atoms with E-state index in [1.165, 1.54) is 4.90 Å². The molecule has 3 heterocycles. The normalized spacial score (nSPS) is 14.3. The second kappa shape index (κ2) is 8.20. The smallest absolute Gasteiger partial charge is 0.255 e. The first-order valence-electron chi connectivity index (χ1n) is 9.37. The van der Waals surface area contributed by atoms with Crippen LogP contribution in [-0.2, 0) is 16.0 Å². The van der Waals surface area contributed by atoms with E-state index in [0.717, 1.165) is 24.9 Å². The standard InChI is InChI=1S/C19H25N5O3/c1-3-5-9-23(13-25)18-15(4-2)21-16-7-6-14(11-24(16)18)19(27)22-10-8-20-17(26)12-22/h6-7,11,13H,3-5,8-10,12H2,1-2H3,(H,20,26). The van der Waals surface area contributed by atoms with Crippen molar-refractivity contribution in [2.24, 2.45) is 0 Å². The molecule has 1 fully saturated rings. The van der Waals surface area contributed by atoms with Crippen LogP contribution in [0.3, 0.4) is 0 Å². The summed E-state index contributed by atoms with van der Waals surface area (Å²) in [5.41, 5.74) is 1.98. The molecule has 0 unspecified atom stereocenters. The molecule has 1 aliphatic rings. The number of carbonyl (C=O) groups is 3. The first-order chi connectivity index (χ1) is 13.1. The SMILES string of the molecule is CCCCN(C=O)c1c(CC)nc2ccc(C(=O)N3CCNC(=O)C3)cn12. The zero-order valence-electron chi connectivity index (χ0n) is 15.8. The number of imidazole rings is 1. The summed E-state index contributed by atoms with van der Waals surface area (Å²) in [6.07, 6.45) is 5.08. The van der Waals surface area contributed by atoms with Gasteiger partial charge in [0.05, 0.1) is 17.8 Å². The molecular formula is C19H25N5O3. The number of hydrogen-bond acceptors (Lipinski definition) is 4. The fourth-order valence-electron chi connectivity index (χ4n) is 3.28. The van der Waals surface area contributed by atoms with Gasteiger partial charge in [0.1, 0.15) is 11.5 Å². The van der Waals surface area contributed by atoms with Crippen molar-refractivity contribution >= 4 is 29.7 Å². The number of unbranched alkanes of at least 4 members (excludes halogenated alkanes) is 1. The van der Waals surface area contributed by atoms with Crippen LogP contribution in [0.4, 0.5) is 5.82 Å². The highest BCUT2D eigenvalue weighted by atomic mass is 16.2. The average Bonchev–Trinajstić information content (AvgIpc) is 3.06. The van der Waals surface area contributed by atoms with Gasteiger partial charge >= 0.3 is 0 Å². The predicted molar refractivity (Wildman–Crippen MR) is 102 cm³/mol. The number of amides is 3. The highest BCUT2D eigenvalue weighted by molar-refractivity contribution is 5.97. The highest BCUT2D eigenvalue weighted by Gasteiger charge is 2.24. The number of aromatic nitrogens is 2. The molecule has 0 aliphatic carbocycles. The maximum atomic E-state index is 12.8. The number of aryl methyl sites for hydroxylation is 1. The quantitative estimate of drug-likeness (QED) is 0.742. The van der Waals surface area contributed by atoms with Gasteiger partial charge in [0, 0.05) is 25.8 Å². The number of carbonyl (C=O) groups excluding carboxylic acids is 3. The lowest BCUT2D eigenvalue weighted by molar-refractivity contribution is -0.123. The molecule has 8 heteroatoms. The molecule has 0 atom stereocenters. The van der Waals surface area contributed by atoms with Crippen LogP contribution in [0.1, 0.15) is 42.7 Å². The van der Waals surface area contributed by atoms with Gasteiger partial charge in [-0.15, -0.1) is 0 Å². The molecule has 8 nitrogen and oxygen atoms in total. The fraction of sp³-hybridized carbons (Fsp3) is 0.474. The van der Waals surface area contributed by atoms with Crippen LogP contribution in [0.5, 0.6) is 0 Å². The fourth-order valence-corrected chi connectivity index (χ4v) is 3.28. The van der Waals surface area contributed by atoms with Crippen LogP contribution in [0.2, 0.25) is 0 Å². The Balaban J connectivity index is 2.00. The lowest BCUT2D eigenvalue weighted by Crippen LogP contribution is -2.50. The molecule has 3 rings (SSSR count). The van der Waals surface area contributed by atoms with Crippen LogP contribution in [0.25, 0.3) is 5.65 Å². The molecule has 1 aliphatic heterocycles. The van der Waals surface area contributed by atoms with Crippen molar-refractivity contribution in [1.82, 2.24) is 19.6 Å². The van der Waals surface area contributed by atoms with E-state index < -0.39 is 0 Å². The van der Waals surface area contributed by atoms with E-state index in [9.17, 15) is 14.4 Å². The van der Waals surface area contributed by atoms with Gasteiger partial charge in [-0.05, 0) is 25.0 Å². The summed E-state index contributed by atoms with van der Waals surface area (Å²) in [4.78, 5) is 43.9. The molecule has 0 aromatic carbocycles. The third kappa shape index (κ3) is 3.79. The zero-order valence-corrected chi connectivity index (χ0v) is 15.8. The summed E-state index contributed by atoms with van der Waals surface area (Å²) < 4.78 is 1.81. The van der Waals surface area contributed by atoms with Crippen molar-refractivity contribution in [1.29, 1.82) is 0 Å². The first-order valence-corrected chi connectivity index (χ1v) is 9.37. The average molecular weight is 371 g/mol. The highest BCUT2D eigenvalue weighted by Crippen LogP contribution is 2.24. The molecule has 0 radical (unpaired) electrons. The van der Waals surface area contributed by atoms with E-state index in [1.807, 2.05) is 6.92 Å². The van der Waals surface area contributed by atoms with Gasteiger partial charge in [-0.1, -0.05) is 20.3 Å². The molecule has 0 saturated carbocycles. The summed E-state index contributed by atoms with van der Waals surface area (Å²) in [6, 6.07) is 3.50. The molecule has 144 valence electrons. The van der Waals surface area contributed by atoms with E-state index in [-0.39, 0.29) is 18.4 Å². The molecule has 0 bridgehead atoms. The van der Waals surface area contributed by atoms with Crippen molar-refractivity contribution in [3.8, 4) is 0 Å².